The number of benzene rings is 1. The number of hydrogen-bond acceptors (Lipinski definition) is 7. The van der Waals surface area contributed by atoms with Gasteiger partial charge in [-0.25, -0.2) is 0 Å². The van der Waals surface area contributed by atoms with E-state index in [1.165, 1.54) is 16.8 Å². The molecule has 7 nitrogen and oxygen atoms in total. The maximum absolute atomic E-state index is 4.64. The second-order valence-corrected chi connectivity index (χ2v) is 7.05. The normalized spacial score (nSPS) is 14.2. The minimum atomic E-state index is 0.659. The molecule has 1 aliphatic rings. The van der Waals surface area contributed by atoms with E-state index in [-0.39, 0.29) is 0 Å². The lowest BCUT2D eigenvalue weighted by atomic mass is 10.1. The van der Waals surface area contributed by atoms with Crippen molar-refractivity contribution >= 4 is 17.5 Å². The molecule has 28 heavy (non-hydrogen) atoms. The Morgan fingerprint density at radius 1 is 0.964 bits per heavy atom. The molecule has 0 radical (unpaired) electrons. The molecule has 0 atom stereocenters. The largest absolute Gasteiger partial charge is 0.368 e. The van der Waals surface area contributed by atoms with Crippen LogP contribution in [0.1, 0.15) is 16.7 Å². The maximum Gasteiger partial charge on any atom is 0.247 e. The van der Waals surface area contributed by atoms with Gasteiger partial charge in [0, 0.05) is 50.8 Å². The predicted molar refractivity (Wildman–Crippen MR) is 112 cm³/mol. The van der Waals surface area contributed by atoms with Gasteiger partial charge in [-0.2, -0.15) is 10.1 Å². The molecule has 0 unspecified atom stereocenters. The average Bonchev–Trinajstić information content (AvgIpc) is 2.75. The van der Waals surface area contributed by atoms with Crippen LogP contribution in [0.25, 0.3) is 0 Å². The van der Waals surface area contributed by atoms with Crippen molar-refractivity contribution in [3.63, 3.8) is 0 Å². The lowest BCUT2D eigenvalue weighted by Crippen LogP contribution is -2.47. The molecular weight excluding hydrogens is 350 g/mol. The Hall–Kier alpha value is -3.22. The zero-order chi connectivity index (χ0) is 19.3. The third-order valence-corrected chi connectivity index (χ3v) is 5.22. The van der Waals surface area contributed by atoms with E-state index in [9.17, 15) is 0 Å². The van der Waals surface area contributed by atoms with E-state index in [4.69, 9.17) is 0 Å². The molecule has 1 aromatic carbocycles. The molecule has 2 aromatic heterocycles. The van der Waals surface area contributed by atoms with Crippen LogP contribution in [0, 0.1) is 13.8 Å². The highest BCUT2D eigenvalue weighted by Gasteiger charge is 2.21. The maximum atomic E-state index is 4.64. The highest BCUT2D eigenvalue weighted by atomic mass is 15.4. The minimum absolute atomic E-state index is 0.659. The fraction of sp³-hybridized carbons (Fsp3) is 0.333. The molecular formula is C21H25N7. The molecule has 1 fully saturated rings. The van der Waals surface area contributed by atoms with Crippen LogP contribution in [0.5, 0.6) is 0 Å². The highest BCUT2D eigenvalue weighted by Crippen LogP contribution is 2.24. The molecule has 0 saturated carbocycles. The van der Waals surface area contributed by atoms with Crippen molar-refractivity contribution in [2.24, 2.45) is 0 Å². The molecule has 3 heterocycles. The summed E-state index contributed by atoms with van der Waals surface area (Å²) in [4.78, 5) is 13.4. The van der Waals surface area contributed by atoms with Crippen molar-refractivity contribution in [1.82, 2.24) is 20.2 Å². The second kappa shape index (κ2) is 8.21. The number of nitrogens with zero attached hydrogens (tertiary/aromatic N) is 6. The van der Waals surface area contributed by atoms with Gasteiger partial charge in [0.15, 0.2) is 5.82 Å². The number of anilines is 3. The van der Waals surface area contributed by atoms with Crippen LogP contribution in [0.2, 0.25) is 0 Å². The Morgan fingerprint density at radius 3 is 2.57 bits per heavy atom. The summed E-state index contributed by atoms with van der Waals surface area (Å²) in [7, 11) is 0. The topological polar surface area (TPSA) is 70.1 Å². The van der Waals surface area contributed by atoms with E-state index in [0.29, 0.717) is 12.5 Å². The summed E-state index contributed by atoms with van der Waals surface area (Å²) in [5.74, 6) is 1.41. The van der Waals surface area contributed by atoms with E-state index >= 15 is 0 Å². The molecule has 4 rings (SSSR count). The number of piperazine rings is 1. The fourth-order valence-corrected chi connectivity index (χ4v) is 3.43. The van der Waals surface area contributed by atoms with Gasteiger partial charge in [-0.1, -0.05) is 18.2 Å². The zero-order valence-electron chi connectivity index (χ0n) is 16.3. The first-order valence-electron chi connectivity index (χ1n) is 9.59. The molecule has 144 valence electrons. The fourth-order valence-electron chi connectivity index (χ4n) is 3.43. The first kappa shape index (κ1) is 18.2. The third kappa shape index (κ3) is 4.03. The van der Waals surface area contributed by atoms with Gasteiger partial charge < -0.3 is 15.1 Å². The third-order valence-electron chi connectivity index (χ3n) is 5.22. The quantitative estimate of drug-likeness (QED) is 0.735. The summed E-state index contributed by atoms with van der Waals surface area (Å²) in [6.07, 6.45) is 5.27. The van der Waals surface area contributed by atoms with Crippen LogP contribution in [-0.2, 0) is 6.54 Å². The Labute approximate surface area is 165 Å². The summed E-state index contributed by atoms with van der Waals surface area (Å²) >= 11 is 0. The van der Waals surface area contributed by atoms with Crippen LogP contribution in [-0.4, -0.2) is 46.3 Å². The molecule has 1 saturated heterocycles. The van der Waals surface area contributed by atoms with Gasteiger partial charge in [-0.3, -0.25) is 4.98 Å². The van der Waals surface area contributed by atoms with Crippen molar-refractivity contribution in [3.05, 3.63) is 65.6 Å². The van der Waals surface area contributed by atoms with Gasteiger partial charge in [-0.05, 0) is 42.7 Å². The van der Waals surface area contributed by atoms with Crippen molar-refractivity contribution in [2.75, 3.05) is 41.3 Å². The van der Waals surface area contributed by atoms with Gasteiger partial charge in [0.1, 0.15) is 0 Å². The summed E-state index contributed by atoms with van der Waals surface area (Å²) in [6, 6.07) is 10.5. The van der Waals surface area contributed by atoms with Gasteiger partial charge in [0.25, 0.3) is 0 Å². The lowest BCUT2D eigenvalue weighted by Gasteiger charge is -2.36. The van der Waals surface area contributed by atoms with E-state index < -0.39 is 0 Å². The van der Waals surface area contributed by atoms with Crippen molar-refractivity contribution in [3.8, 4) is 0 Å². The van der Waals surface area contributed by atoms with E-state index in [1.807, 2.05) is 18.3 Å². The van der Waals surface area contributed by atoms with Crippen LogP contribution < -0.4 is 15.1 Å². The Balaban J connectivity index is 1.39. The first-order chi connectivity index (χ1) is 13.7. The summed E-state index contributed by atoms with van der Waals surface area (Å²) in [5, 5.41) is 11.7. The first-order valence-corrected chi connectivity index (χ1v) is 9.59. The van der Waals surface area contributed by atoms with Gasteiger partial charge in [0.05, 0.1) is 6.20 Å². The molecule has 7 heteroatoms. The average molecular weight is 375 g/mol. The number of pyridine rings is 1. The Kier molecular flexibility index (Phi) is 5.32. The molecule has 1 aliphatic heterocycles. The molecule has 3 aromatic rings. The van der Waals surface area contributed by atoms with E-state index in [0.717, 1.165) is 37.6 Å². The number of aryl methyl sites for hydroxylation is 1. The second-order valence-electron chi connectivity index (χ2n) is 7.05. The monoisotopic (exact) mass is 375 g/mol. The summed E-state index contributed by atoms with van der Waals surface area (Å²) in [5.41, 5.74) is 5.12. The number of hydrogen-bond donors (Lipinski definition) is 1. The Morgan fingerprint density at radius 2 is 1.79 bits per heavy atom. The molecule has 0 aliphatic carbocycles. The molecule has 0 amide bonds. The molecule has 0 spiro atoms. The minimum Gasteiger partial charge on any atom is -0.368 e. The van der Waals surface area contributed by atoms with Crippen LogP contribution in [0.15, 0.2) is 48.9 Å². The summed E-state index contributed by atoms with van der Waals surface area (Å²) in [6.45, 7) is 8.66. The SMILES string of the molecule is Cc1cccc(N2CCN(c3nncc(NCc4cccnc4)n3)CC2)c1C. The van der Waals surface area contributed by atoms with Gasteiger partial charge in [-0.15, -0.1) is 5.10 Å². The van der Waals surface area contributed by atoms with Crippen molar-refractivity contribution in [2.45, 2.75) is 20.4 Å². The van der Waals surface area contributed by atoms with Crippen molar-refractivity contribution < 1.29 is 0 Å². The van der Waals surface area contributed by atoms with Gasteiger partial charge >= 0.3 is 0 Å². The number of nitrogens with one attached hydrogen (secondary N) is 1. The predicted octanol–water partition coefficient (Wildman–Crippen LogP) is 2.82. The summed E-state index contributed by atoms with van der Waals surface area (Å²) < 4.78 is 0. The van der Waals surface area contributed by atoms with E-state index in [1.54, 1.807) is 12.4 Å². The van der Waals surface area contributed by atoms with Crippen LogP contribution in [0.4, 0.5) is 17.5 Å². The number of aromatic nitrogens is 4. The molecule has 0 bridgehead atoms. The Bertz CT molecular complexity index is 921. The van der Waals surface area contributed by atoms with Crippen LogP contribution in [0.3, 0.4) is 0 Å². The lowest BCUT2D eigenvalue weighted by molar-refractivity contribution is 0.634. The smallest absolute Gasteiger partial charge is 0.247 e. The van der Waals surface area contributed by atoms with Gasteiger partial charge in [0.2, 0.25) is 5.95 Å². The highest BCUT2D eigenvalue weighted by molar-refractivity contribution is 5.57. The van der Waals surface area contributed by atoms with E-state index in [2.05, 4.69) is 67.3 Å². The molecule has 1 N–H and O–H groups in total. The standard InChI is InChI=1S/C21H25N7/c1-16-5-3-7-19(17(16)2)27-9-11-28(12-10-27)21-25-20(15-24-26-21)23-14-18-6-4-8-22-13-18/h3-8,13,15H,9-12,14H2,1-2H3,(H,23,25,26). The van der Waals surface area contributed by atoms with Crippen LogP contribution >= 0.6 is 0 Å². The zero-order valence-corrected chi connectivity index (χ0v) is 16.3. The number of rotatable bonds is 5. The van der Waals surface area contributed by atoms with Crippen molar-refractivity contribution in [1.29, 1.82) is 0 Å².